The molecule has 2 fully saturated rings. The van der Waals surface area contributed by atoms with Crippen molar-refractivity contribution in [2.75, 3.05) is 13.1 Å². The maximum Gasteiger partial charge on any atom is 0.108 e. The monoisotopic (exact) mass is 221 g/mol. The highest BCUT2D eigenvalue weighted by Gasteiger charge is 2.34. The van der Waals surface area contributed by atoms with E-state index in [1.54, 1.807) is 0 Å². The quantitative estimate of drug-likeness (QED) is 0.712. The number of hydrogen-bond donors (Lipinski definition) is 1. The van der Waals surface area contributed by atoms with Gasteiger partial charge in [-0.25, -0.2) is 0 Å². The topological polar surface area (TPSA) is 39.1 Å². The largest absolute Gasteiger partial charge is 0.299 e. The Labute approximate surface area is 98.8 Å². The van der Waals surface area contributed by atoms with E-state index >= 15 is 0 Å². The van der Waals surface area contributed by atoms with Crippen molar-refractivity contribution in [2.45, 2.75) is 57.7 Å². The molecule has 3 heteroatoms. The normalized spacial score (nSPS) is 22.4. The van der Waals surface area contributed by atoms with Gasteiger partial charge in [0.1, 0.15) is 6.04 Å². The summed E-state index contributed by atoms with van der Waals surface area (Å²) in [4.78, 5) is 2.54. The van der Waals surface area contributed by atoms with Crippen LogP contribution in [0.1, 0.15) is 39.5 Å². The fraction of sp³-hybridized carbons (Fsp3) is 0.923. The Morgan fingerprint density at radius 3 is 2.44 bits per heavy atom. The molecule has 16 heavy (non-hydrogen) atoms. The first-order chi connectivity index (χ1) is 7.69. The van der Waals surface area contributed by atoms with Gasteiger partial charge < -0.3 is 0 Å². The van der Waals surface area contributed by atoms with Crippen molar-refractivity contribution in [1.82, 2.24) is 10.2 Å². The summed E-state index contributed by atoms with van der Waals surface area (Å²) >= 11 is 0. The highest BCUT2D eigenvalue weighted by molar-refractivity contribution is 4.97. The van der Waals surface area contributed by atoms with Crippen LogP contribution in [-0.2, 0) is 0 Å². The third-order valence-corrected chi connectivity index (χ3v) is 3.36. The Morgan fingerprint density at radius 1 is 1.31 bits per heavy atom. The third kappa shape index (κ3) is 3.77. The van der Waals surface area contributed by atoms with Crippen molar-refractivity contribution in [3.63, 3.8) is 0 Å². The molecule has 0 bridgehead atoms. The van der Waals surface area contributed by atoms with Gasteiger partial charge in [0.05, 0.1) is 6.07 Å². The number of hydrogen-bond acceptors (Lipinski definition) is 3. The van der Waals surface area contributed by atoms with Crippen LogP contribution in [0.2, 0.25) is 0 Å². The van der Waals surface area contributed by atoms with E-state index in [-0.39, 0.29) is 6.04 Å². The molecule has 0 aliphatic heterocycles. The van der Waals surface area contributed by atoms with Crippen molar-refractivity contribution in [3.05, 3.63) is 0 Å². The average molecular weight is 221 g/mol. The summed E-state index contributed by atoms with van der Waals surface area (Å²) in [5, 5.41) is 12.5. The Kier molecular flexibility index (Phi) is 3.83. The van der Waals surface area contributed by atoms with Gasteiger partial charge in [-0.1, -0.05) is 0 Å². The van der Waals surface area contributed by atoms with E-state index in [0.717, 1.165) is 18.5 Å². The molecule has 0 aromatic carbocycles. The molecule has 1 atom stereocenters. The van der Waals surface area contributed by atoms with Gasteiger partial charge in [-0.05, 0) is 45.4 Å². The predicted octanol–water partition coefficient (Wildman–Crippen LogP) is 1.75. The number of nitrogens with one attached hydrogen (secondary N) is 1. The fourth-order valence-corrected chi connectivity index (χ4v) is 2.21. The summed E-state index contributed by atoms with van der Waals surface area (Å²) < 4.78 is 0. The van der Waals surface area contributed by atoms with Crippen molar-refractivity contribution in [2.24, 2.45) is 5.92 Å². The Bertz CT molecular complexity index is 261. The second-order valence-electron chi connectivity index (χ2n) is 5.63. The van der Waals surface area contributed by atoms with E-state index in [1.165, 1.54) is 32.2 Å². The molecule has 1 N–H and O–H groups in total. The molecule has 1 unspecified atom stereocenters. The lowest BCUT2D eigenvalue weighted by molar-refractivity contribution is 0.234. The zero-order valence-corrected chi connectivity index (χ0v) is 10.4. The van der Waals surface area contributed by atoms with Crippen molar-refractivity contribution in [1.29, 1.82) is 5.26 Å². The third-order valence-electron chi connectivity index (χ3n) is 3.36. The van der Waals surface area contributed by atoms with Crippen LogP contribution in [0.5, 0.6) is 0 Å². The Hall–Kier alpha value is -0.590. The van der Waals surface area contributed by atoms with E-state index in [0.29, 0.717) is 6.04 Å². The molecule has 3 nitrogen and oxygen atoms in total. The number of nitriles is 1. The van der Waals surface area contributed by atoms with Gasteiger partial charge in [-0.3, -0.25) is 10.2 Å². The highest BCUT2D eigenvalue weighted by Crippen LogP contribution is 2.34. The highest BCUT2D eigenvalue weighted by atomic mass is 15.2. The molecular weight excluding hydrogens is 198 g/mol. The molecular formula is C13H23N3. The molecule has 2 saturated carbocycles. The van der Waals surface area contributed by atoms with Crippen LogP contribution in [-0.4, -0.2) is 36.1 Å². The number of nitrogens with zero attached hydrogens (tertiary/aromatic N) is 2. The van der Waals surface area contributed by atoms with Gasteiger partial charge in [-0.15, -0.1) is 0 Å². The molecule has 0 aromatic rings. The first-order valence-corrected chi connectivity index (χ1v) is 6.58. The van der Waals surface area contributed by atoms with Crippen LogP contribution in [0.3, 0.4) is 0 Å². The summed E-state index contributed by atoms with van der Waals surface area (Å²) in [6, 6.07) is 3.56. The predicted molar refractivity (Wildman–Crippen MR) is 65.0 cm³/mol. The second-order valence-corrected chi connectivity index (χ2v) is 5.63. The lowest BCUT2D eigenvalue weighted by Gasteiger charge is -2.25. The minimum Gasteiger partial charge on any atom is -0.299 e. The molecule has 0 saturated heterocycles. The van der Waals surface area contributed by atoms with Gasteiger partial charge in [0, 0.05) is 25.2 Å². The van der Waals surface area contributed by atoms with Gasteiger partial charge in [-0.2, -0.15) is 5.26 Å². The lowest BCUT2D eigenvalue weighted by atomic mass is 10.2. The fourth-order valence-electron chi connectivity index (χ4n) is 2.21. The van der Waals surface area contributed by atoms with Crippen molar-refractivity contribution >= 4 is 0 Å². The Balaban J connectivity index is 1.80. The smallest absolute Gasteiger partial charge is 0.108 e. The minimum absolute atomic E-state index is 0.000602. The summed E-state index contributed by atoms with van der Waals surface area (Å²) in [5.74, 6) is 0.930. The zero-order valence-electron chi connectivity index (χ0n) is 10.4. The van der Waals surface area contributed by atoms with E-state index in [9.17, 15) is 0 Å². The molecule has 0 spiro atoms. The molecule has 2 rings (SSSR count). The maximum absolute atomic E-state index is 9.14. The number of rotatable bonds is 7. The second kappa shape index (κ2) is 5.16. The summed E-state index contributed by atoms with van der Waals surface area (Å²) in [7, 11) is 0. The zero-order chi connectivity index (χ0) is 11.5. The molecule has 2 aliphatic carbocycles. The van der Waals surface area contributed by atoms with E-state index < -0.39 is 0 Å². The molecule has 0 amide bonds. The standard InChI is InChI=1S/C13H23N3/c1-10(2)15-12(7-14)9-16(13-5-6-13)8-11-3-4-11/h10-13,15H,3-6,8-9H2,1-2H3. The van der Waals surface area contributed by atoms with Crippen LogP contribution in [0.25, 0.3) is 0 Å². The summed E-state index contributed by atoms with van der Waals surface area (Å²) in [6.45, 7) is 6.35. The summed E-state index contributed by atoms with van der Waals surface area (Å²) in [6.07, 6.45) is 5.48. The first-order valence-electron chi connectivity index (χ1n) is 6.58. The van der Waals surface area contributed by atoms with Gasteiger partial charge in [0.15, 0.2) is 0 Å². The Morgan fingerprint density at radius 2 is 2.00 bits per heavy atom. The van der Waals surface area contributed by atoms with Crippen molar-refractivity contribution < 1.29 is 0 Å². The van der Waals surface area contributed by atoms with Crippen LogP contribution in [0, 0.1) is 17.2 Å². The average Bonchev–Trinajstić information content (AvgIpc) is 3.07. The molecule has 90 valence electrons. The lowest BCUT2D eigenvalue weighted by Crippen LogP contribution is -2.44. The molecule has 0 radical (unpaired) electrons. The van der Waals surface area contributed by atoms with E-state index in [4.69, 9.17) is 5.26 Å². The van der Waals surface area contributed by atoms with Gasteiger partial charge >= 0.3 is 0 Å². The molecule has 0 heterocycles. The van der Waals surface area contributed by atoms with Crippen LogP contribution < -0.4 is 5.32 Å². The minimum atomic E-state index is -0.000602. The van der Waals surface area contributed by atoms with Crippen LogP contribution >= 0.6 is 0 Å². The maximum atomic E-state index is 9.14. The van der Waals surface area contributed by atoms with E-state index in [1.807, 2.05) is 0 Å². The molecule has 0 aromatic heterocycles. The van der Waals surface area contributed by atoms with Crippen LogP contribution in [0.4, 0.5) is 0 Å². The van der Waals surface area contributed by atoms with E-state index in [2.05, 4.69) is 30.1 Å². The summed E-state index contributed by atoms with van der Waals surface area (Å²) in [5.41, 5.74) is 0. The van der Waals surface area contributed by atoms with Gasteiger partial charge in [0.2, 0.25) is 0 Å². The van der Waals surface area contributed by atoms with Crippen LogP contribution in [0.15, 0.2) is 0 Å². The van der Waals surface area contributed by atoms with Crippen molar-refractivity contribution in [3.8, 4) is 6.07 Å². The molecule has 2 aliphatic rings. The SMILES string of the molecule is CC(C)NC(C#N)CN(CC1CC1)C1CC1. The van der Waals surface area contributed by atoms with Gasteiger partial charge in [0.25, 0.3) is 0 Å². The first kappa shape index (κ1) is 11.9.